The maximum absolute atomic E-state index is 12.6. The standard InChI is InChI=1S/C20H18N4O4/c1-26-15-8-11(9-16(27-2)18(15)28-3)17-12(10-21)19(25)23-20-22-13-6-4-5-7-14(13)24(17)20/h4-9,12,17H,1-3H3,(H,22,23,25)/t12-,17-/m0/s1. The number of carbonyl (C=O) groups excluding carboxylic acids is 1. The number of ether oxygens (including phenoxy) is 3. The minimum atomic E-state index is -0.951. The SMILES string of the molecule is COc1cc([C@H]2[C@H](C#N)C(=O)Nc3nc4ccccc4n32)cc(OC)c1OC. The molecule has 28 heavy (non-hydrogen) atoms. The molecule has 2 aromatic carbocycles. The minimum absolute atomic E-state index is 0.399. The van der Waals surface area contributed by atoms with Crippen LogP contribution in [0.4, 0.5) is 5.95 Å². The molecule has 0 unspecified atom stereocenters. The first-order chi connectivity index (χ1) is 13.6. The molecule has 0 radical (unpaired) electrons. The summed E-state index contributed by atoms with van der Waals surface area (Å²) in [5.74, 6) is 0.391. The molecule has 0 spiro atoms. The lowest BCUT2D eigenvalue weighted by Gasteiger charge is -2.30. The highest BCUT2D eigenvalue weighted by Crippen LogP contribution is 2.44. The van der Waals surface area contributed by atoms with Crippen molar-refractivity contribution in [3.63, 3.8) is 0 Å². The Labute approximate surface area is 161 Å². The van der Waals surface area contributed by atoms with Gasteiger partial charge in [-0.05, 0) is 29.8 Å². The Morgan fingerprint density at radius 3 is 2.39 bits per heavy atom. The zero-order valence-electron chi connectivity index (χ0n) is 15.6. The third-order valence-corrected chi connectivity index (χ3v) is 4.87. The summed E-state index contributed by atoms with van der Waals surface area (Å²) in [5, 5.41) is 12.5. The molecule has 1 aromatic heterocycles. The van der Waals surface area contributed by atoms with E-state index < -0.39 is 17.9 Å². The van der Waals surface area contributed by atoms with Gasteiger partial charge in [-0.3, -0.25) is 10.1 Å². The summed E-state index contributed by atoms with van der Waals surface area (Å²) in [6.07, 6.45) is 0. The van der Waals surface area contributed by atoms with Crippen LogP contribution in [-0.2, 0) is 4.79 Å². The Bertz CT molecular complexity index is 1090. The van der Waals surface area contributed by atoms with Crippen molar-refractivity contribution in [2.45, 2.75) is 6.04 Å². The molecule has 0 saturated heterocycles. The van der Waals surface area contributed by atoms with Crippen LogP contribution in [0, 0.1) is 17.2 Å². The molecule has 0 bridgehead atoms. The molecule has 4 rings (SSSR count). The lowest BCUT2D eigenvalue weighted by molar-refractivity contribution is -0.119. The van der Waals surface area contributed by atoms with Crippen molar-refractivity contribution in [1.82, 2.24) is 9.55 Å². The van der Waals surface area contributed by atoms with Gasteiger partial charge in [-0.25, -0.2) is 4.98 Å². The van der Waals surface area contributed by atoms with Crippen LogP contribution in [0.25, 0.3) is 11.0 Å². The van der Waals surface area contributed by atoms with E-state index in [4.69, 9.17) is 14.2 Å². The van der Waals surface area contributed by atoms with Crippen molar-refractivity contribution in [2.24, 2.45) is 5.92 Å². The highest BCUT2D eigenvalue weighted by atomic mass is 16.5. The molecule has 1 N–H and O–H groups in total. The van der Waals surface area contributed by atoms with Gasteiger partial charge in [0.05, 0.1) is 44.5 Å². The predicted octanol–water partition coefficient (Wildman–Crippen LogP) is 2.74. The fourth-order valence-electron chi connectivity index (χ4n) is 3.64. The Kier molecular flexibility index (Phi) is 4.28. The van der Waals surface area contributed by atoms with E-state index in [-0.39, 0.29) is 0 Å². The number of hydrogen-bond acceptors (Lipinski definition) is 6. The van der Waals surface area contributed by atoms with E-state index >= 15 is 0 Å². The minimum Gasteiger partial charge on any atom is -0.493 e. The van der Waals surface area contributed by atoms with Crippen LogP contribution in [0.1, 0.15) is 11.6 Å². The van der Waals surface area contributed by atoms with Gasteiger partial charge in [0, 0.05) is 0 Å². The Morgan fingerprint density at radius 2 is 1.79 bits per heavy atom. The van der Waals surface area contributed by atoms with Gasteiger partial charge in [0.15, 0.2) is 17.4 Å². The zero-order valence-corrected chi connectivity index (χ0v) is 15.6. The number of aromatic nitrogens is 2. The van der Waals surface area contributed by atoms with Crippen LogP contribution in [0.3, 0.4) is 0 Å². The van der Waals surface area contributed by atoms with Crippen molar-refractivity contribution < 1.29 is 19.0 Å². The highest BCUT2D eigenvalue weighted by Gasteiger charge is 2.39. The normalized spacial score (nSPS) is 18.1. The molecule has 8 nitrogen and oxygen atoms in total. The van der Waals surface area contributed by atoms with Crippen LogP contribution in [0.15, 0.2) is 36.4 Å². The first kappa shape index (κ1) is 17.7. The number of nitriles is 1. The average molecular weight is 378 g/mol. The molecular weight excluding hydrogens is 360 g/mol. The zero-order chi connectivity index (χ0) is 19.8. The number of carbonyl (C=O) groups is 1. The number of nitrogens with zero attached hydrogens (tertiary/aromatic N) is 3. The van der Waals surface area contributed by atoms with E-state index in [1.54, 1.807) is 12.1 Å². The molecule has 0 aliphatic carbocycles. The smallest absolute Gasteiger partial charge is 0.246 e. The molecule has 1 amide bonds. The van der Waals surface area contributed by atoms with Crippen LogP contribution >= 0.6 is 0 Å². The van der Waals surface area contributed by atoms with Gasteiger partial charge in [0.1, 0.15) is 0 Å². The van der Waals surface area contributed by atoms with Crippen molar-refractivity contribution >= 4 is 22.9 Å². The molecule has 142 valence electrons. The topological polar surface area (TPSA) is 98.4 Å². The first-order valence-electron chi connectivity index (χ1n) is 8.60. The van der Waals surface area contributed by atoms with E-state index in [1.165, 1.54) is 21.3 Å². The van der Waals surface area contributed by atoms with Crippen LogP contribution < -0.4 is 19.5 Å². The van der Waals surface area contributed by atoms with Gasteiger partial charge >= 0.3 is 0 Å². The number of amides is 1. The number of rotatable bonds is 4. The summed E-state index contributed by atoms with van der Waals surface area (Å²) in [4.78, 5) is 17.1. The molecule has 1 aliphatic heterocycles. The quantitative estimate of drug-likeness (QED) is 0.750. The van der Waals surface area contributed by atoms with E-state index in [2.05, 4.69) is 16.4 Å². The number of anilines is 1. The number of hydrogen-bond donors (Lipinski definition) is 1. The fraction of sp³-hybridized carbons (Fsp3) is 0.250. The third kappa shape index (κ3) is 2.52. The summed E-state index contributed by atoms with van der Waals surface area (Å²) in [7, 11) is 4.57. The van der Waals surface area contributed by atoms with Gasteiger partial charge in [0.2, 0.25) is 17.6 Å². The highest BCUT2D eigenvalue weighted by molar-refractivity contribution is 5.97. The van der Waals surface area contributed by atoms with Gasteiger partial charge < -0.3 is 18.8 Å². The van der Waals surface area contributed by atoms with Crippen molar-refractivity contribution in [1.29, 1.82) is 5.26 Å². The van der Waals surface area contributed by atoms with E-state index in [0.717, 1.165) is 11.0 Å². The Hall–Kier alpha value is -3.73. The first-order valence-corrected chi connectivity index (χ1v) is 8.60. The number of methoxy groups -OCH3 is 3. The lowest BCUT2D eigenvalue weighted by atomic mass is 9.91. The molecular formula is C20H18N4O4. The number of fused-ring (bicyclic) bond motifs is 3. The molecule has 1 aliphatic rings. The number of benzene rings is 2. The van der Waals surface area contributed by atoms with Crippen LogP contribution in [0.2, 0.25) is 0 Å². The second-order valence-electron chi connectivity index (χ2n) is 6.29. The van der Waals surface area contributed by atoms with E-state index in [1.807, 2.05) is 28.8 Å². The molecule has 0 fully saturated rings. The lowest BCUT2D eigenvalue weighted by Crippen LogP contribution is -2.37. The number of nitrogens with one attached hydrogen (secondary N) is 1. The fourth-order valence-corrected chi connectivity index (χ4v) is 3.64. The molecule has 2 heterocycles. The summed E-state index contributed by atoms with van der Waals surface area (Å²) < 4.78 is 18.2. The summed E-state index contributed by atoms with van der Waals surface area (Å²) in [6.45, 7) is 0. The number of para-hydroxylation sites is 2. The maximum atomic E-state index is 12.6. The molecule has 3 aromatic rings. The maximum Gasteiger partial charge on any atom is 0.246 e. The summed E-state index contributed by atoms with van der Waals surface area (Å²) >= 11 is 0. The number of imidazole rings is 1. The van der Waals surface area contributed by atoms with Crippen LogP contribution in [0.5, 0.6) is 17.2 Å². The monoisotopic (exact) mass is 378 g/mol. The molecule has 0 saturated carbocycles. The summed E-state index contributed by atoms with van der Waals surface area (Å²) in [5.41, 5.74) is 2.23. The summed E-state index contributed by atoms with van der Waals surface area (Å²) in [6, 6.07) is 12.6. The predicted molar refractivity (Wildman–Crippen MR) is 102 cm³/mol. The van der Waals surface area contributed by atoms with Crippen molar-refractivity contribution in [2.75, 3.05) is 26.6 Å². The van der Waals surface area contributed by atoms with E-state index in [9.17, 15) is 10.1 Å². The van der Waals surface area contributed by atoms with Gasteiger partial charge in [-0.15, -0.1) is 0 Å². The molecule has 8 heteroatoms. The van der Waals surface area contributed by atoms with Gasteiger partial charge in [-0.1, -0.05) is 12.1 Å². The van der Waals surface area contributed by atoms with Crippen molar-refractivity contribution in [3.05, 3.63) is 42.0 Å². The largest absolute Gasteiger partial charge is 0.493 e. The Balaban J connectivity index is 2.01. The van der Waals surface area contributed by atoms with Gasteiger partial charge in [0.25, 0.3) is 0 Å². The Morgan fingerprint density at radius 1 is 1.11 bits per heavy atom. The second-order valence-corrected chi connectivity index (χ2v) is 6.29. The average Bonchev–Trinajstić information content (AvgIpc) is 3.09. The van der Waals surface area contributed by atoms with Crippen molar-refractivity contribution in [3.8, 4) is 23.3 Å². The van der Waals surface area contributed by atoms with Crippen LogP contribution in [-0.4, -0.2) is 36.8 Å². The van der Waals surface area contributed by atoms with Gasteiger partial charge in [-0.2, -0.15) is 5.26 Å². The van der Waals surface area contributed by atoms with E-state index in [0.29, 0.717) is 28.8 Å². The second kappa shape index (κ2) is 6.78. The third-order valence-electron chi connectivity index (χ3n) is 4.87. The molecule has 2 atom stereocenters.